The van der Waals surface area contributed by atoms with Crippen molar-refractivity contribution in [2.24, 2.45) is 5.73 Å². The molecule has 3 heteroatoms. The first-order chi connectivity index (χ1) is 7.31. The Bertz CT molecular complexity index is 310. The Balaban J connectivity index is 2.13. The summed E-state index contributed by atoms with van der Waals surface area (Å²) in [5, 5.41) is 3.46. The Hall–Kier alpha value is -1.06. The van der Waals surface area contributed by atoms with Crippen molar-refractivity contribution < 1.29 is 4.74 Å². The quantitative estimate of drug-likeness (QED) is 0.770. The fourth-order valence-electron chi connectivity index (χ4n) is 2.09. The zero-order valence-corrected chi connectivity index (χ0v) is 9.07. The monoisotopic (exact) mass is 206 g/mol. The van der Waals surface area contributed by atoms with Crippen molar-refractivity contribution in [1.82, 2.24) is 5.32 Å². The minimum Gasteiger partial charge on any atom is -0.497 e. The zero-order chi connectivity index (χ0) is 10.7. The fourth-order valence-corrected chi connectivity index (χ4v) is 2.09. The van der Waals surface area contributed by atoms with E-state index in [9.17, 15) is 0 Å². The summed E-state index contributed by atoms with van der Waals surface area (Å²) in [4.78, 5) is 0. The summed E-state index contributed by atoms with van der Waals surface area (Å²) in [7, 11) is 1.68. The smallest absolute Gasteiger partial charge is 0.118 e. The Morgan fingerprint density at radius 2 is 2.07 bits per heavy atom. The van der Waals surface area contributed by atoms with Gasteiger partial charge in [-0.15, -0.1) is 0 Å². The number of ether oxygens (including phenoxy) is 1. The van der Waals surface area contributed by atoms with Gasteiger partial charge in [0.15, 0.2) is 0 Å². The first-order valence-electron chi connectivity index (χ1n) is 5.44. The van der Waals surface area contributed by atoms with E-state index in [1.54, 1.807) is 7.11 Å². The third kappa shape index (κ3) is 2.30. The van der Waals surface area contributed by atoms with Gasteiger partial charge in [0, 0.05) is 12.1 Å². The molecule has 2 rings (SSSR count). The lowest BCUT2D eigenvalue weighted by molar-refractivity contribution is 0.357. The molecule has 1 heterocycles. The summed E-state index contributed by atoms with van der Waals surface area (Å²) >= 11 is 0. The highest BCUT2D eigenvalue weighted by Crippen LogP contribution is 2.23. The maximum atomic E-state index is 6.09. The molecule has 0 bridgehead atoms. The Morgan fingerprint density at radius 3 is 2.67 bits per heavy atom. The van der Waals surface area contributed by atoms with E-state index in [0.29, 0.717) is 6.04 Å². The molecule has 3 nitrogen and oxygen atoms in total. The van der Waals surface area contributed by atoms with Crippen molar-refractivity contribution in [1.29, 1.82) is 0 Å². The zero-order valence-electron chi connectivity index (χ0n) is 9.07. The highest BCUT2D eigenvalue weighted by Gasteiger charge is 2.22. The Labute approximate surface area is 90.6 Å². The molecule has 2 atom stereocenters. The van der Waals surface area contributed by atoms with E-state index in [-0.39, 0.29) is 6.04 Å². The second-order valence-electron chi connectivity index (χ2n) is 4.01. The van der Waals surface area contributed by atoms with E-state index in [0.717, 1.165) is 18.7 Å². The van der Waals surface area contributed by atoms with Gasteiger partial charge >= 0.3 is 0 Å². The Kier molecular flexibility index (Phi) is 3.23. The van der Waals surface area contributed by atoms with Crippen LogP contribution < -0.4 is 15.8 Å². The number of methoxy groups -OCH3 is 1. The SMILES string of the molecule is COc1ccc([C@H]2NCCC[C@H]2N)cc1. The molecule has 3 N–H and O–H groups in total. The van der Waals surface area contributed by atoms with Gasteiger partial charge < -0.3 is 15.8 Å². The highest BCUT2D eigenvalue weighted by atomic mass is 16.5. The minimum atomic E-state index is 0.229. The minimum absolute atomic E-state index is 0.229. The van der Waals surface area contributed by atoms with Crippen LogP contribution in [0, 0.1) is 0 Å². The molecule has 0 saturated carbocycles. The molecule has 0 amide bonds. The molecule has 0 aromatic heterocycles. The molecule has 1 aliphatic rings. The normalized spacial score (nSPS) is 26.3. The predicted octanol–water partition coefficient (Wildman–Crippen LogP) is 1.45. The summed E-state index contributed by atoms with van der Waals surface area (Å²) in [5.74, 6) is 0.892. The standard InChI is InChI=1S/C12H18N2O/c1-15-10-6-4-9(5-7-10)12-11(13)3-2-8-14-12/h4-7,11-12,14H,2-3,8,13H2,1H3/t11-,12-/m1/s1. The highest BCUT2D eigenvalue weighted by molar-refractivity contribution is 5.30. The van der Waals surface area contributed by atoms with Crippen LogP contribution in [0.25, 0.3) is 0 Å². The number of benzene rings is 1. The Morgan fingerprint density at radius 1 is 1.33 bits per heavy atom. The summed E-state index contributed by atoms with van der Waals surface area (Å²) in [6.07, 6.45) is 2.28. The molecule has 1 fully saturated rings. The summed E-state index contributed by atoms with van der Waals surface area (Å²) in [6.45, 7) is 1.06. The number of piperidine rings is 1. The van der Waals surface area contributed by atoms with Crippen LogP contribution in [0.4, 0.5) is 0 Å². The largest absolute Gasteiger partial charge is 0.497 e. The van der Waals surface area contributed by atoms with Crippen molar-refractivity contribution in [3.05, 3.63) is 29.8 Å². The second-order valence-corrected chi connectivity index (χ2v) is 4.01. The topological polar surface area (TPSA) is 47.3 Å². The molecule has 0 radical (unpaired) electrons. The first-order valence-corrected chi connectivity index (χ1v) is 5.44. The van der Waals surface area contributed by atoms with E-state index in [1.165, 1.54) is 12.0 Å². The summed E-state index contributed by atoms with van der Waals surface area (Å²) in [6, 6.07) is 8.66. The van der Waals surface area contributed by atoms with Crippen molar-refractivity contribution >= 4 is 0 Å². The van der Waals surface area contributed by atoms with Gasteiger partial charge in [0.25, 0.3) is 0 Å². The van der Waals surface area contributed by atoms with Crippen LogP contribution in [-0.4, -0.2) is 19.7 Å². The molecule has 82 valence electrons. The van der Waals surface area contributed by atoms with Crippen molar-refractivity contribution in [3.63, 3.8) is 0 Å². The molecule has 0 aliphatic carbocycles. The summed E-state index contributed by atoms with van der Waals surface area (Å²) < 4.78 is 5.13. The van der Waals surface area contributed by atoms with Crippen molar-refractivity contribution in [2.75, 3.05) is 13.7 Å². The molecule has 15 heavy (non-hydrogen) atoms. The van der Waals surface area contributed by atoms with Gasteiger partial charge in [-0.1, -0.05) is 12.1 Å². The van der Waals surface area contributed by atoms with Crippen LogP contribution in [-0.2, 0) is 0 Å². The lowest BCUT2D eigenvalue weighted by atomic mass is 9.93. The molecular weight excluding hydrogens is 188 g/mol. The maximum absolute atomic E-state index is 6.09. The molecule has 1 aromatic rings. The fraction of sp³-hybridized carbons (Fsp3) is 0.500. The van der Waals surface area contributed by atoms with Gasteiger partial charge in [-0.3, -0.25) is 0 Å². The van der Waals surface area contributed by atoms with E-state index in [2.05, 4.69) is 17.4 Å². The van der Waals surface area contributed by atoms with Gasteiger partial charge in [-0.2, -0.15) is 0 Å². The molecule has 0 unspecified atom stereocenters. The van der Waals surface area contributed by atoms with Gasteiger partial charge in [0.1, 0.15) is 5.75 Å². The van der Waals surface area contributed by atoms with E-state index < -0.39 is 0 Å². The number of rotatable bonds is 2. The number of hydrogen-bond donors (Lipinski definition) is 2. The van der Waals surface area contributed by atoms with E-state index in [4.69, 9.17) is 10.5 Å². The third-order valence-electron chi connectivity index (χ3n) is 2.98. The van der Waals surface area contributed by atoms with Crippen LogP contribution in [0.3, 0.4) is 0 Å². The van der Waals surface area contributed by atoms with Crippen LogP contribution in [0.1, 0.15) is 24.4 Å². The molecule has 1 saturated heterocycles. The van der Waals surface area contributed by atoms with Crippen LogP contribution >= 0.6 is 0 Å². The van der Waals surface area contributed by atoms with Gasteiger partial charge in [-0.05, 0) is 37.1 Å². The lowest BCUT2D eigenvalue weighted by Crippen LogP contribution is -2.42. The maximum Gasteiger partial charge on any atom is 0.118 e. The number of nitrogens with two attached hydrogens (primary N) is 1. The molecule has 1 aromatic carbocycles. The van der Waals surface area contributed by atoms with Gasteiger partial charge in [0.2, 0.25) is 0 Å². The van der Waals surface area contributed by atoms with Crippen molar-refractivity contribution in [3.8, 4) is 5.75 Å². The molecular formula is C12H18N2O. The third-order valence-corrected chi connectivity index (χ3v) is 2.98. The average Bonchev–Trinajstić information content (AvgIpc) is 2.30. The molecule has 1 aliphatic heterocycles. The van der Waals surface area contributed by atoms with Crippen LogP contribution in [0.5, 0.6) is 5.75 Å². The van der Waals surface area contributed by atoms with Gasteiger partial charge in [0.05, 0.1) is 7.11 Å². The summed E-state index contributed by atoms with van der Waals surface area (Å²) in [5.41, 5.74) is 7.34. The van der Waals surface area contributed by atoms with Crippen LogP contribution in [0.2, 0.25) is 0 Å². The average molecular weight is 206 g/mol. The predicted molar refractivity (Wildman–Crippen MR) is 60.9 cm³/mol. The number of nitrogens with one attached hydrogen (secondary N) is 1. The van der Waals surface area contributed by atoms with Gasteiger partial charge in [-0.25, -0.2) is 0 Å². The second kappa shape index (κ2) is 4.64. The molecule has 0 spiro atoms. The number of hydrogen-bond acceptors (Lipinski definition) is 3. The van der Waals surface area contributed by atoms with E-state index >= 15 is 0 Å². The van der Waals surface area contributed by atoms with E-state index in [1.807, 2.05) is 12.1 Å². The lowest BCUT2D eigenvalue weighted by Gasteiger charge is -2.30. The van der Waals surface area contributed by atoms with Crippen molar-refractivity contribution in [2.45, 2.75) is 24.9 Å². The first kappa shape index (κ1) is 10.5. The van der Waals surface area contributed by atoms with Crippen LogP contribution in [0.15, 0.2) is 24.3 Å².